The fourth-order valence-electron chi connectivity index (χ4n) is 2.19. The first-order valence-electron chi connectivity index (χ1n) is 8.73. The molecule has 0 fully saturated rings. The predicted molar refractivity (Wildman–Crippen MR) is 98.8 cm³/mol. The lowest BCUT2D eigenvalue weighted by Crippen LogP contribution is -2.21. The number of anilines is 1. The summed E-state index contributed by atoms with van der Waals surface area (Å²) in [4.78, 5) is 24.0. The fourth-order valence-corrected chi connectivity index (χ4v) is 2.19. The molecule has 0 aromatic heterocycles. The molecule has 150 valence electrons. The van der Waals surface area contributed by atoms with Gasteiger partial charge in [0.05, 0.1) is 17.9 Å². The van der Waals surface area contributed by atoms with Crippen LogP contribution in [0.4, 0.5) is 14.5 Å². The van der Waals surface area contributed by atoms with Crippen molar-refractivity contribution >= 4 is 17.6 Å². The molecule has 0 aliphatic heterocycles. The third kappa shape index (κ3) is 6.86. The molecule has 0 atom stereocenters. The van der Waals surface area contributed by atoms with E-state index >= 15 is 0 Å². The van der Waals surface area contributed by atoms with Crippen molar-refractivity contribution in [2.45, 2.75) is 26.4 Å². The number of rotatable bonds is 10. The smallest absolute Gasteiger partial charge is 0.387 e. The van der Waals surface area contributed by atoms with Gasteiger partial charge in [-0.3, -0.25) is 4.79 Å². The largest absolute Gasteiger partial charge is 0.494 e. The van der Waals surface area contributed by atoms with Gasteiger partial charge in [-0.15, -0.1) is 0 Å². The summed E-state index contributed by atoms with van der Waals surface area (Å²) in [5.41, 5.74) is 0.314. The van der Waals surface area contributed by atoms with E-state index in [4.69, 9.17) is 9.47 Å². The van der Waals surface area contributed by atoms with Crippen LogP contribution in [-0.4, -0.2) is 31.7 Å². The fraction of sp³-hybridized carbons (Fsp3) is 0.300. The number of amides is 1. The van der Waals surface area contributed by atoms with E-state index < -0.39 is 25.1 Å². The molecule has 1 N–H and O–H groups in total. The first kappa shape index (κ1) is 21.1. The van der Waals surface area contributed by atoms with E-state index in [0.29, 0.717) is 12.4 Å². The van der Waals surface area contributed by atoms with Gasteiger partial charge in [-0.1, -0.05) is 25.5 Å². The molecule has 2 aromatic carbocycles. The number of para-hydroxylation sites is 2. The van der Waals surface area contributed by atoms with Crippen LogP contribution in [0.15, 0.2) is 48.5 Å². The average Bonchev–Trinajstić information content (AvgIpc) is 2.68. The molecule has 0 heterocycles. The van der Waals surface area contributed by atoms with Crippen molar-refractivity contribution < 1.29 is 32.6 Å². The summed E-state index contributed by atoms with van der Waals surface area (Å²) in [5, 5.41) is 2.37. The van der Waals surface area contributed by atoms with Gasteiger partial charge >= 0.3 is 12.6 Å². The second kappa shape index (κ2) is 10.9. The summed E-state index contributed by atoms with van der Waals surface area (Å²) in [6.07, 6.45) is 1.95. The quantitative estimate of drug-likeness (QED) is 0.482. The van der Waals surface area contributed by atoms with Gasteiger partial charge < -0.3 is 19.5 Å². The Morgan fingerprint density at radius 3 is 2.46 bits per heavy atom. The van der Waals surface area contributed by atoms with Crippen LogP contribution in [0.5, 0.6) is 11.5 Å². The van der Waals surface area contributed by atoms with Crippen molar-refractivity contribution in [3.8, 4) is 11.5 Å². The molecule has 0 saturated heterocycles. The summed E-state index contributed by atoms with van der Waals surface area (Å²) in [6, 6.07) is 12.1. The molecule has 8 heteroatoms. The molecule has 28 heavy (non-hydrogen) atoms. The van der Waals surface area contributed by atoms with Crippen LogP contribution >= 0.6 is 0 Å². The number of carbonyl (C=O) groups excluding carboxylic acids is 2. The lowest BCUT2D eigenvalue weighted by Gasteiger charge is -2.12. The van der Waals surface area contributed by atoms with Gasteiger partial charge in [-0.05, 0) is 42.8 Å². The second-order valence-electron chi connectivity index (χ2n) is 5.73. The molecule has 0 aliphatic rings. The average molecular weight is 393 g/mol. The van der Waals surface area contributed by atoms with Crippen LogP contribution in [-0.2, 0) is 9.53 Å². The highest BCUT2D eigenvalue weighted by molar-refractivity contribution is 5.96. The molecule has 0 spiro atoms. The van der Waals surface area contributed by atoms with Gasteiger partial charge in [-0.25, -0.2) is 4.79 Å². The van der Waals surface area contributed by atoms with Crippen LogP contribution in [0, 0.1) is 0 Å². The van der Waals surface area contributed by atoms with E-state index in [1.54, 1.807) is 18.2 Å². The number of unbranched alkanes of at least 4 members (excludes halogenated alkanes) is 1. The topological polar surface area (TPSA) is 73.9 Å². The highest BCUT2D eigenvalue weighted by atomic mass is 19.3. The van der Waals surface area contributed by atoms with Crippen LogP contribution in [0.2, 0.25) is 0 Å². The number of halogens is 2. The number of carbonyl (C=O) groups is 2. The Hall–Kier alpha value is -3.16. The Morgan fingerprint density at radius 2 is 1.79 bits per heavy atom. The Labute approximate surface area is 161 Å². The van der Waals surface area contributed by atoms with Crippen molar-refractivity contribution in [2.24, 2.45) is 0 Å². The summed E-state index contributed by atoms with van der Waals surface area (Å²) >= 11 is 0. The van der Waals surface area contributed by atoms with Gasteiger partial charge in [0.2, 0.25) is 0 Å². The third-order valence-corrected chi connectivity index (χ3v) is 3.57. The van der Waals surface area contributed by atoms with Crippen LogP contribution in [0.25, 0.3) is 0 Å². The molecule has 0 unspecified atom stereocenters. The maximum absolute atomic E-state index is 12.4. The van der Waals surface area contributed by atoms with Gasteiger partial charge in [0.1, 0.15) is 11.5 Å². The predicted octanol–water partition coefficient (Wildman–Crippen LogP) is 4.26. The lowest BCUT2D eigenvalue weighted by atomic mass is 10.2. The molecule has 1 amide bonds. The van der Waals surface area contributed by atoms with Gasteiger partial charge in [-0.2, -0.15) is 8.78 Å². The maximum Gasteiger partial charge on any atom is 0.387 e. The number of alkyl halides is 2. The van der Waals surface area contributed by atoms with Crippen molar-refractivity contribution in [3.63, 3.8) is 0 Å². The third-order valence-electron chi connectivity index (χ3n) is 3.57. The molecular formula is C20H21F2NO5. The summed E-state index contributed by atoms with van der Waals surface area (Å²) in [7, 11) is 0. The number of hydrogen-bond acceptors (Lipinski definition) is 5. The van der Waals surface area contributed by atoms with E-state index in [0.717, 1.165) is 12.8 Å². The van der Waals surface area contributed by atoms with Crippen molar-refractivity contribution in [1.82, 2.24) is 0 Å². The highest BCUT2D eigenvalue weighted by Gasteiger charge is 2.14. The van der Waals surface area contributed by atoms with E-state index in [1.807, 2.05) is 0 Å². The minimum atomic E-state index is -3.02. The van der Waals surface area contributed by atoms with Gasteiger partial charge in [0.15, 0.2) is 6.61 Å². The van der Waals surface area contributed by atoms with Crippen LogP contribution in [0.1, 0.15) is 30.1 Å². The molecular weight excluding hydrogens is 372 g/mol. The molecule has 0 bridgehead atoms. The molecule has 0 radical (unpaired) electrons. The zero-order valence-corrected chi connectivity index (χ0v) is 15.3. The Morgan fingerprint density at radius 1 is 1.07 bits per heavy atom. The van der Waals surface area contributed by atoms with Crippen LogP contribution < -0.4 is 14.8 Å². The number of nitrogens with one attached hydrogen (secondary N) is 1. The zero-order valence-electron chi connectivity index (χ0n) is 15.3. The lowest BCUT2D eigenvalue weighted by molar-refractivity contribution is -0.119. The number of esters is 1. The van der Waals surface area contributed by atoms with Gasteiger partial charge in [0.25, 0.3) is 5.91 Å². The van der Waals surface area contributed by atoms with Crippen molar-refractivity contribution in [2.75, 3.05) is 18.5 Å². The molecule has 2 aromatic rings. The van der Waals surface area contributed by atoms with E-state index in [1.165, 1.54) is 30.3 Å². The SMILES string of the molecule is CCCCOc1ccc(C(=O)OCC(=O)Nc2ccccc2OC(F)F)cc1. The van der Waals surface area contributed by atoms with E-state index in [2.05, 4.69) is 17.0 Å². The van der Waals surface area contributed by atoms with E-state index in [-0.39, 0.29) is 17.0 Å². The number of ether oxygens (including phenoxy) is 3. The summed E-state index contributed by atoms with van der Waals surface area (Å²) < 4.78 is 39.5. The van der Waals surface area contributed by atoms with Crippen molar-refractivity contribution in [3.05, 3.63) is 54.1 Å². The minimum absolute atomic E-state index is 0.0532. The summed E-state index contributed by atoms with van der Waals surface area (Å²) in [5.74, 6) is -0.917. The molecule has 6 nitrogen and oxygen atoms in total. The van der Waals surface area contributed by atoms with Crippen LogP contribution in [0.3, 0.4) is 0 Å². The molecule has 0 saturated carbocycles. The Kier molecular flexibility index (Phi) is 8.20. The molecule has 2 rings (SSSR count). The second-order valence-corrected chi connectivity index (χ2v) is 5.73. The standard InChI is InChI=1S/C20H21F2NO5/c1-2-3-12-26-15-10-8-14(9-11-15)19(25)27-13-18(24)23-16-6-4-5-7-17(16)28-20(21)22/h4-11,20H,2-3,12-13H2,1H3,(H,23,24). The molecule has 0 aliphatic carbocycles. The number of benzene rings is 2. The Balaban J connectivity index is 1.85. The highest BCUT2D eigenvalue weighted by Crippen LogP contribution is 2.25. The maximum atomic E-state index is 12.4. The van der Waals surface area contributed by atoms with Crippen molar-refractivity contribution in [1.29, 1.82) is 0 Å². The monoisotopic (exact) mass is 393 g/mol. The first-order valence-corrected chi connectivity index (χ1v) is 8.73. The zero-order chi connectivity index (χ0) is 20.4. The van der Waals surface area contributed by atoms with E-state index in [9.17, 15) is 18.4 Å². The normalized spacial score (nSPS) is 10.4. The Bertz CT molecular complexity index is 780. The number of hydrogen-bond donors (Lipinski definition) is 1. The van der Waals surface area contributed by atoms with Gasteiger partial charge in [0, 0.05) is 0 Å². The minimum Gasteiger partial charge on any atom is -0.494 e. The summed E-state index contributed by atoms with van der Waals surface area (Å²) in [6.45, 7) is -0.943. The first-order chi connectivity index (χ1) is 13.5.